The molecular formula is C65H50F4N10. The zero-order chi connectivity index (χ0) is 54.0. The van der Waals surface area contributed by atoms with Gasteiger partial charge in [-0.25, -0.2) is 27.5 Å². The summed E-state index contributed by atoms with van der Waals surface area (Å²) in [6.45, 7) is 4.36. The van der Waals surface area contributed by atoms with Crippen molar-refractivity contribution in [2.45, 2.75) is 39.3 Å². The summed E-state index contributed by atoms with van der Waals surface area (Å²) >= 11 is 0. The Morgan fingerprint density at radius 3 is 1.24 bits per heavy atom. The van der Waals surface area contributed by atoms with Crippen LogP contribution in [0.1, 0.15) is 54.3 Å². The summed E-state index contributed by atoms with van der Waals surface area (Å²) in [5, 5.41) is 3.47. The Balaban J connectivity index is 0.946. The Morgan fingerprint density at radius 1 is 0.405 bits per heavy atom. The lowest BCUT2D eigenvalue weighted by molar-refractivity contribution is 0.594. The van der Waals surface area contributed by atoms with E-state index in [1.165, 1.54) is 40.3 Å². The SMILES string of the molecule is CCCc1ccccc1N(c1ccc(C2=NC3=NC(c4ccc(N(c5ccccc5F)c5ccccc5F)cc4)NC4=NC(c5ccc(N(c6ccccc6F)c6ccccc6F)cc5)=NC(=N2)N34)cc1)c1ccccc1CC. The average Bonchev–Trinajstić information content (AvgIpc) is 3.62. The van der Waals surface area contributed by atoms with Crippen LogP contribution in [0.15, 0.2) is 243 Å². The molecule has 3 aliphatic heterocycles. The van der Waals surface area contributed by atoms with Gasteiger partial charge in [-0.2, -0.15) is 20.0 Å². The predicted molar refractivity (Wildman–Crippen MR) is 310 cm³/mol. The second kappa shape index (κ2) is 21.6. The molecule has 10 nitrogen and oxygen atoms in total. The monoisotopic (exact) mass is 1050 g/mol. The first-order valence-electron chi connectivity index (χ1n) is 26.1. The number of para-hydroxylation sites is 6. The van der Waals surface area contributed by atoms with Gasteiger partial charge in [0.05, 0.1) is 22.7 Å². The highest BCUT2D eigenvalue weighted by Crippen LogP contribution is 2.42. The number of anilines is 9. The van der Waals surface area contributed by atoms with Crippen molar-refractivity contribution in [3.05, 3.63) is 269 Å². The summed E-state index contributed by atoms with van der Waals surface area (Å²) in [4.78, 5) is 32.4. The van der Waals surface area contributed by atoms with E-state index < -0.39 is 29.4 Å². The number of halogens is 4. The van der Waals surface area contributed by atoms with E-state index in [2.05, 4.69) is 84.7 Å². The molecule has 0 aromatic heterocycles. The van der Waals surface area contributed by atoms with Crippen LogP contribution in [-0.2, 0) is 12.8 Å². The van der Waals surface area contributed by atoms with E-state index in [-0.39, 0.29) is 34.7 Å². The average molecular weight is 1050 g/mol. The summed E-state index contributed by atoms with van der Waals surface area (Å²) in [5.74, 6) is -0.501. The van der Waals surface area contributed by atoms with E-state index in [1.807, 2.05) is 24.3 Å². The molecule has 0 amide bonds. The van der Waals surface area contributed by atoms with Crippen LogP contribution in [0.4, 0.5) is 68.7 Å². The molecule has 1 unspecified atom stereocenters. The first kappa shape index (κ1) is 49.9. The molecule has 9 aromatic rings. The molecule has 0 fully saturated rings. The fourth-order valence-corrected chi connectivity index (χ4v) is 10.1. The number of guanidine groups is 3. The van der Waals surface area contributed by atoms with Crippen molar-refractivity contribution in [2.24, 2.45) is 25.0 Å². The number of benzene rings is 9. The van der Waals surface area contributed by atoms with Gasteiger partial charge in [0.15, 0.2) is 17.8 Å². The van der Waals surface area contributed by atoms with Crippen molar-refractivity contribution in [2.75, 3.05) is 14.7 Å². The summed E-state index contributed by atoms with van der Waals surface area (Å²) in [5.41, 5.74) is 9.37. The smallest absolute Gasteiger partial charge is 0.243 e. The lowest BCUT2D eigenvalue weighted by Crippen LogP contribution is -2.55. The maximum Gasteiger partial charge on any atom is 0.243 e. The third-order valence-electron chi connectivity index (χ3n) is 13.9. The molecule has 0 spiro atoms. The Hall–Kier alpha value is -9.95. The van der Waals surface area contributed by atoms with Crippen molar-refractivity contribution < 1.29 is 17.6 Å². The second-order valence-corrected chi connectivity index (χ2v) is 18.9. The zero-order valence-corrected chi connectivity index (χ0v) is 43.0. The van der Waals surface area contributed by atoms with E-state index >= 15 is 17.6 Å². The summed E-state index contributed by atoms with van der Waals surface area (Å²) in [6, 6.07) is 64.5. The molecule has 12 rings (SSSR count). The third-order valence-corrected chi connectivity index (χ3v) is 13.9. The molecule has 388 valence electrons. The molecule has 14 heteroatoms. The van der Waals surface area contributed by atoms with Gasteiger partial charge in [-0.15, -0.1) is 0 Å². The van der Waals surface area contributed by atoms with Gasteiger partial charge in [-0.3, -0.25) is 0 Å². The quantitative estimate of drug-likeness (QED) is 0.103. The molecule has 1 atom stereocenters. The standard InChI is InChI=1S/C65H50F4N10/c1-3-17-43-19-6-12-25-55(43)76(54-24-11-5-18-42(54)4-2)47-36-30-44(31-37-47)60-70-63-72-61(45-32-38-48(39-33-45)77(56-26-13-7-20-50(56)66)57-27-14-8-21-51(57)67)74-65-75-62(73-64(71-60)79(63)65)46-34-40-49(41-35-46)78(58-28-15-9-22-52(58)68)59-29-16-10-23-53(59)69/h5-16,18-41,61H,3-4,17H2,1-2H3,(H,70,71,72,73,74,75). The largest absolute Gasteiger partial charge is 0.329 e. The molecular weight excluding hydrogens is 997 g/mol. The van der Waals surface area contributed by atoms with Crippen LogP contribution in [0.3, 0.4) is 0 Å². The van der Waals surface area contributed by atoms with Crippen molar-refractivity contribution in [1.82, 2.24) is 10.2 Å². The normalized spacial score (nSPS) is 14.4. The van der Waals surface area contributed by atoms with E-state index in [4.69, 9.17) is 25.0 Å². The van der Waals surface area contributed by atoms with Crippen molar-refractivity contribution >= 4 is 80.7 Å². The summed E-state index contributed by atoms with van der Waals surface area (Å²) in [6.07, 6.45) is 2.03. The molecule has 3 aliphatic rings. The maximum atomic E-state index is 15.5. The number of rotatable bonds is 15. The van der Waals surface area contributed by atoms with Crippen LogP contribution < -0.4 is 20.0 Å². The second-order valence-electron chi connectivity index (χ2n) is 18.9. The summed E-state index contributed by atoms with van der Waals surface area (Å²) < 4.78 is 62.1. The summed E-state index contributed by atoms with van der Waals surface area (Å²) in [7, 11) is 0. The molecule has 79 heavy (non-hydrogen) atoms. The minimum Gasteiger partial charge on any atom is -0.329 e. The molecule has 9 aromatic carbocycles. The first-order valence-corrected chi connectivity index (χ1v) is 26.1. The highest BCUT2D eigenvalue weighted by Gasteiger charge is 2.38. The minimum atomic E-state index is -0.742. The van der Waals surface area contributed by atoms with Crippen LogP contribution >= 0.6 is 0 Å². The van der Waals surface area contributed by atoms with Gasteiger partial charge in [-0.05, 0) is 151 Å². The minimum absolute atomic E-state index is 0.173. The predicted octanol–water partition coefficient (Wildman–Crippen LogP) is 16.1. The van der Waals surface area contributed by atoms with Crippen molar-refractivity contribution in [1.29, 1.82) is 0 Å². The fourth-order valence-electron chi connectivity index (χ4n) is 10.1. The van der Waals surface area contributed by atoms with Gasteiger partial charge in [0.1, 0.15) is 23.3 Å². The molecule has 3 heterocycles. The number of hydrogen-bond acceptors (Lipinski definition) is 10. The highest BCUT2D eigenvalue weighted by molar-refractivity contribution is 6.30. The number of aliphatic imine (C=N–C) groups is 5. The van der Waals surface area contributed by atoms with Gasteiger partial charge in [0.2, 0.25) is 17.9 Å². The zero-order valence-electron chi connectivity index (χ0n) is 43.0. The van der Waals surface area contributed by atoms with E-state index in [0.717, 1.165) is 41.9 Å². The van der Waals surface area contributed by atoms with E-state index in [9.17, 15) is 0 Å². The van der Waals surface area contributed by atoms with Crippen LogP contribution in [0, 0.1) is 23.3 Å². The number of amidine groups is 2. The van der Waals surface area contributed by atoms with Gasteiger partial charge in [0, 0.05) is 39.6 Å². The van der Waals surface area contributed by atoms with Crippen LogP contribution in [0.2, 0.25) is 0 Å². The van der Waals surface area contributed by atoms with Crippen molar-refractivity contribution in [3.8, 4) is 0 Å². The molecule has 1 N–H and O–H groups in total. The number of nitrogens with zero attached hydrogens (tertiary/aromatic N) is 9. The van der Waals surface area contributed by atoms with Gasteiger partial charge in [0.25, 0.3) is 0 Å². The van der Waals surface area contributed by atoms with Crippen LogP contribution in [-0.4, -0.2) is 34.4 Å². The Labute approximate surface area is 455 Å². The molecule has 0 aliphatic carbocycles. The number of aryl methyl sites for hydroxylation is 2. The fraction of sp³-hybridized carbons (Fsp3) is 0.0923. The van der Waals surface area contributed by atoms with E-state index in [1.54, 1.807) is 119 Å². The third kappa shape index (κ3) is 9.69. The Kier molecular flexibility index (Phi) is 13.6. The van der Waals surface area contributed by atoms with Gasteiger partial charge >= 0.3 is 0 Å². The Morgan fingerprint density at radius 2 is 0.785 bits per heavy atom. The Bertz CT molecular complexity index is 3820. The maximum absolute atomic E-state index is 15.5. The molecule has 0 radical (unpaired) electrons. The lowest BCUT2D eigenvalue weighted by Gasteiger charge is -2.36. The number of nitrogens with one attached hydrogen (secondary N) is 1. The topological polar surface area (TPSA) is 86.8 Å². The highest BCUT2D eigenvalue weighted by atomic mass is 19.1. The lowest BCUT2D eigenvalue weighted by atomic mass is 10.0. The van der Waals surface area contributed by atoms with Gasteiger partial charge < -0.3 is 20.0 Å². The molecule has 0 bridgehead atoms. The van der Waals surface area contributed by atoms with Crippen LogP contribution in [0.25, 0.3) is 0 Å². The van der Waals surface area contributed by atoms with Crippen LogP contribution in [0.5, 0.6) is 0 Å². The van der Waals surface area contributed by atoms with E-state index in [0.29, 0.717) is 40.1 Å². The first-order chi connectivity index (χ1) is 38.7. The molecule has 0 saturated carbocycles. The molecule has 0 saturated heterocycles. The number of hydrogen-bond donors (Lipinski definition) is 1. The van der Waals surface area contributed by atoms with Crippen molar-refractivity contribution in [3.63, 3.8) is 0 Å². The van der Waals surface area contributed by atoms with Gasteiger partial charge in [-0.1, -0.05) is 117 Å².